The van der Waals surface area contributed by atoms with E-state index < -0.39 is 0 Å². The standard InChI is InChI=1S/C25H26FN3O3/c26-21-5-7-22(8-6-21)32-23-14-25(31-16-23)9-2-11-29(17-25)24(30)20-4-1-3-19(13-20)15-28-12-10-27-18-28/h1,3-8,10,12-13,18,23H,2,9,11,14-17H2/t23-,25+/m1/s1. The Morgan fingerprint density at radius 1 is 1.25 bits per heavy atom. The molecule has 0 aliphatic carbocycles. The Kier molecular flexibility index (Phi) is 5.66. The van der Waals surface area contributed by atoms with Crippen LogP contribution in [0.25, 0.3) is 0 Å². The minimum absolute atomic E-state index is 0.0306. The molecule has 0 radical (unpaired) electrons. The molecule has 2 aliphatic rings. The summed E-state index contributed by atoms with van der Waals surface area (Å²) in [6, 6.07) is 13.8. The normalized spacial score (nSPS) is 22.9. The number of amides is 1. The van der Waals surface area contributed by atoms with Gasteiger partial charge < -0.3 is 18.9 Å². The van der Waals surface area contributed by atoms with Crippen LogP contribution in [-0.4, -0.2) is 51.8 Å². The Balaban J connectivity index is 1.24. The fourth-order valence-corrected chi connectivity index (χ4v) is 4.72. The molecule has 1 spiro atoms. The number of aromatic nitrogens is 2. The number of nitrogens with zero attached hydrogens (tertiary/aromatic N) is 3. The first-order valence-electron chi connectivity index (χ1n) is 11.0. The van der Waals surface area contributed by atoms with Crippen molar-refractivity contribution < 1.29 is 18.7 Å². The first-order valence-corrected chi connectivity index (χ1v) is 11.0. The molecule has 166 valence electrons. The smallest absolute Gasteiger partial charge is 0.253 e. The van der Waals surface area contributed by atoms with Crippen molar-refractivity contribution in [2.75, 3.05) is 19.7 Å². The van der Waals surface area contributed by atoms with Crippen LogP contribution in [0.1, 0.15) is 35.2 Å². The molecule has 2 aliphatic heterocycles. The van der Waals surface area contributed by atoms with E-state index in [4.69, 9.17) is 9.47 Å². The molecule has 0 N–H and O–H groups in total. The zero-order valence-corrected chi connectivity index (χ0v) is 17.8. The second kappa shape index (κ2) is 8.74. The molecule has 3 heterocycles. The second-order valence-electron chi connectivity index (χ2n) is 8.66. The lowest BCUT2D eigenvalue weighted by molar-refractivity contribution is -0.0453. The van der Waals surface area contributed by atoms with Crippen LogP contribution < -0.4 is 4.74 Å². The van der Waals surface area contributed by atoms with Crippen molar-refractivity contribution in [2.45, 2.75) is 37.5 Å². The number of carbonyl (C=O) groups excluding carboxylic acids is 1. The molecule has 2 aromatic carbocycles. The average Bonchev–Trinajstić information content (AvgIpc) is 3.45. The summed E-state index contributed by atoms with van der Waals surface area (Å²) in [5, 5.41) is 0. The fourth-order valence-electron chi connectivity index (χ4n) is 4.72. The molecule has 2 saturated heterocycles. The van der Waals surface area contributed by atoms with E-state index in [1.807, 2.05) is 39.9 Å². The van der Waals surface area contributed by atoms with Gasteiger partial charge in [-0.1, -0.05) is 12.1 Å². The largest absolute Gasteiger partial charge is 0.488 e. The van der Waals surface area contributed by atoms with Gasteiger partial charge in [0.25, 0.3) is 5.91 Å². The van der Waals surface area contributed by atoms with Crippen LogP contribution in [0.3, 0.4) is 0 Å². The second-order valence-corrected chi connectivity index (χ2v) is 8.66. The van der Waals surface area contributed by atoms with Gasteiger partial charge in [0, 0.05) is 37.5 Å². The molecule has 0 unspecified atom stereocenters. The lowest BCUT2D eigenvalue weighted by Crippen LogP contribution is -2.50. The van der Waals surface area contributed by atoms with Gasteiger partial charge in [-0.25, -0.2) is 9.37 Å². The molecule has 32 heavy (non-hydrogen) atoms. The van der Waals surface area contributed by atoms with Crippen LogP contribution >= 0.6 is 0 Å². The van der Waals surface area contributed by atoms with Crippen LogP contribution in [0.5, 0.6) is 5.75 Å². The number of halogens is 1. The van der Waals surface area contributed by atoms with Crippen molar-refractivity contribution in [3.8, 4) is 5.75 Å². The number of benzene rings is 2. The van der Waals surface area contributed by atoms with Gasteiger partial charge in [0.15, 0.2) is 0 Å². The minimum atomic E-state index is -0.382. The van der Waals surface area contributed by atoms with Crippen molar-refractivity contribution in [3.63, 3.8) is 0 Å². The number of hydrogen-bond donors (Lipinski definition) is 0. The van der Waals surface area contributed by atoms with Gasteiger partial charge in [0.05, 0.1) is 25.1 Å². The maximum Gasteiger partial charge on any atom is 0.253 e. The van der Waals surface area contributed by atoms with Gasteiger partial charge in [-0.3, -0.25) is 4.79 Å². The SMILES string of the molecule is O=C(c1cccc(Cn2ccnc2)c1)N1CCC[C@]2(C[C@@H](Oc3ccc(F)cc3)CO2)C1. The maximum atomic E-state index is 13.3. The molecule has 1 aromatic heterocycles. The average molecular weight is 435 g/mol. The van der Waals surface area contributed by atoms with Crippen LogP contribution in [0.15, 0.2) is 67.3 Å². The van der Waals surface area contributed by atoms with Crippen molar-refractivity contribution in [3.05, 3.63) is 84.2 Å². The third-order valence-electron chi connectivity index (χ3n) is 6.22. The highest BCUT2D eigenvalue weighted by atomic mass is 19.1. The molecular formula is C25H26FN3O3. The first kappa shape index (κ1) is 20.7. The predicted molar refractivity (Wildman–Crippen MR) is 117 cm³/mol. The van der Waals surface area contributed by atoms with Crippen molar-refractivity contribution in [1.29, 1.82) is 0 Å². The Labute approximate surface area is 186 Å². The highest BCUT2D eigenvalue weighted by Crippen LogP contribution is 2.36. The van der Waals surface area contributed by atoms with Gasteiger partial charge in [-0.15, -0.1) is 0 Å². The molecule has 7 heteroatoms. The van der Waals surface area contributed by atoms with Crippen LogP contribution in [0.4, 0.5) is 4.39 Å². The van der Waals surface area contributed by atoms with Crippen molar-refractivity contribution in [1.82, 2.24) is 14.5 Å². The van der Waals surface area contributed by atoms with E-state index >= 15 is 0 Å². The molecule has 2 fully saturated rings. The summed E-state index contributed by atoms with van der Waals surface area (Å²) < 4.78 is 27.3. The van der Waals surface area contributed by atoms with Crippen LogP contribution in [-0.2, 0) is 11.3 Å². The van der Waals surface area contributed by atoms with Gasteiger partial charge in [-0.05, 0) is 54.8 Å². The zero-order chi connectivity index (χ0) is 22.0. The van der Waals surface area contributed by atoms with Crippen LogP contribution in [0, 0.1) is 5.82 Å². The van der Waals surface area contributed by atoms with Gasteiger partial charge in [-0.2, -0.15) is 0 Å². The zero-order valence-electron chi connectivity index (χ0n) is 17.8. The summed E-state index contributed by atoms with van der Waals surface area (Å²) in [6.45, 7) is 2.43. The molecule has 2 atom stereocenters. The summed E-state index contributed by atoms with van der Waals surface area (Å²) in [4.78, 5) is 19.3. The summed E-state index contributed by atoms with van der Waals surface area (Å²) in [5.41, 5.74) is 1.37. The summed E-state index contributed by atoms with van der Waals surface area (Å²) >= 11 is 0. The number of imidazole rings is 1. The van der Waals surface area contributed by atoms with E-state index in [1.165, 1.54) is 12.1 Å². The lowest BCUT2D eigenvalue weighted by Gasteiger charge is -2.39. The maximum absolute atomic E-state index is 13.3. The Morgan fingerprint density at radius 2 is 2.12 bits per heavy atom. The summed E-state index contributed by atoms with van der Waals surface area (Å²) in [7, 11) is 0. The molecule has 3 aromatic rings. The number of rotatable bonds is 5. The van der Waals surface area contributed by atoms with Crippen LogP contribution in [0.2, 0.25) is 0 Å². The molecular weight excluding hydrogens is 409 g/mol. The molecule has 0 bridgehead atoms. The first-order chi connectivity index (χ1) is 15.6. The third-order valence-corrected chi connectivity index (χ3v) is 6.22. The van der Waals surface area contributed by atoms with E-state index in [0.29, 0.717) is 31.0 Å². The molecule has 6 nitrogen and oxygen atoms in total. The van der Waals surface area contributed by atoms with E-state index in [0.717, 1.165) is 31.4 Å². The van der Waals surface area contributed by atoms with Crippen molar-refractivity contribution in [2.24, 2.45) is 0 Å². The Bertz CT molecular complexity index is 1070. The number of ether oxygens (including phenoxy) is 2. The highest BCUT2D eigenvalue weighted by molar-refractivity contribution is 5.94. The predicted octanol–water partition coefficient (Wildman–Crippen LogP) is 3.91. The van der Waals surface area contributed by atoms with Gasteiger partial charge >= 0.3 is 0 Å². The molecule has 1 amide bonds. The number of hydrogen-bond acceptors (Lipinski definition) is 4. The van der Waals surface area contributed by atoms with E-state index in [-0.39, 0.29) is 23.4 Å². The molecule has 5 rings (SSSR count). The fraction of sp³-hybridized carbons (Fsp3) is 0.360. The van der Waals surface area contributed by atoms with Gasteiger partial charge in [0.1, 0.15) is 17.7 Å². The number of carbonyl (C=O) groups is 1. The Hall–Kier alpha value is -3.19. The molecule has 0 saturated carbocycles. The van der Waals surface area contributed by atoms with E-state index in [9.17, 15) is 9.18 Å². The third kappa shape index (κ3) is 4.53. The quantitative estimate of drug-likeness (QED) is 0.610. The lowest BCUT2D eigenvalue weighted by atomic mass is 9.89. The van der Waals surface area contributed by atoms with E-state index in [1.54, 1.807) is 24.7 Å². The van der Waals surface area contributed by atoms with E-state index in [2.05, 4.69) is 4.98 Å². The number of piperidine rings is 1. The minimum Gasteiger partial charge on any atom is -0.488 e. The van der Waals surface area contributed by atoms with Crippen molar-refractivity contribution >= 4 is 5.91 Å². The summed E-state index contributed by atoms with van der Waals surface area (Å²) in [6.07, 6.45) is 7.83. The highest BCUT2D eigenvalue weighted by Gasteiger charge is 2.45. The number of likely N-dealkylation sites (tertiary alicyclic amines) is 1. The monoisotopic (exact) mass is 435 g/mol. The Morgan fingerprint density at radius 3 is 2.94 bits per heavy atom. The van der Waals surface area contributed by atoms with Gasteiger partial charge in [0.2, 0.25) is 0 Å². The topological polar surface area (TPSA) is 56.6 Å². The summed E-state index contributed by atoms with van der Waals surface area (Å²) in [5.74, 6) is 0.380.